The number of piperazine rings is 1. The highest BCUT2D eigenvalue weighted by atomic mass is 19.1. The number of anilines is 5. The van der Waals surface area contributed by atoms with Gasteiger partial charge in [-0.1, -0.05) is 6.07 Å². The van der Waals surface area contributed by atoms with Gasteiger partial charge in [-0.3, -0.25) is 43.4 Å². The summed E-state index contributed by atoms with van der Waals surface area (Å²) in [5, 5.41) is 10.2. The molecule has 4 saturated heterocycles. The summed E-state index contributed by atoms with van der Waals surface area (Å²) in [5.74, 6) is -0.313. The molecule has 0 spiro atoms. The molecular formula is C55H56FN15O5. The minimum atomic E-state index is -1.04. The van der Waals surface area contributed by atoms with Crippen LogP contribution in [0.1, 0.15) is 76.7 Å². The number of fused-ring (bicyclic) bond motifs is 2. The maximum atomic E-state index is 16.0. The zero-order valence-corrected chi connectivity index (χ0v) is 41.9. The third-order valence-corrected chi connectivity index (χ3v) is 15.6. The normalized spacial score (nSPS) is 18.7. The molecule has 5 amide bonds. The fourth-order valence-corrected chi connectivity index (χ4v) is 11.5. The molecule has 0 saturated carbocycles. The first-order valence-corrected chi connectivity index (χ1v) is 25.9. The van der Waals surface area contributed by atoms with Crippen LogP contribution in [0.5, 0.6) is 0 Å². The summed E-state index contributed by atoms with van der Waals surface area (Å²) in [6, 6.07) is 21.0. The van der Waals surface area contributed by atoms with Crippen molar-refractivity contribution < 1.29 is 28.4 Å². The molecule has 5 aliphatic heterocycles. The van der Waals surface area contributed by atoms with Crippen LogP contribution in [0.15, 0.2) is 97.6 Å². The van der Waals surface area contributed by atoms with Crippen LogP contribution < -0.4 is 31.1 Å². The lowest BCUT2D eigenvalue weighted by atomic mass is 9.93. The highest BCUT2D eigenvalue weighted by molar-refractivity contribution is 6.25. The number of nitrogen functional groups attached to an aromatic ring is 1. The minimum absolute atomic E-state index is 0.0386. The minimum Gasteiger partial charge on any atom is -0.384 e. The van der Waals surface area contributed by atoms with Gasteiger partial charge in [0.15, 0.2) is 5.65 Å². The summed E-state index contributed by atoms with van der Waals surface area (Å²) >= 11 is 0. The lowest BCUT2D eigenvalue weighted by Gasteiger charge is -2.38. The Balaban J connectivity index is 0.594. The molecule has 2 aromatic carbocycles. The van der Waals surface area contributed by atoms with Gasteiger partial charge in [0.1, 0.15) is 34.8 Å². The second-order valence-corrected chi connectivity index (χ2v) is 20.2. The number of imidazole rings is 1. The molecule has 4 fully saturated rings. The van der Waals surface area contributed by atoms with Gasteiger partial charge in [0, 0.05) is 107 Å². The number of imide groups is 2. The number of aromatic nitrogens is 7. The first-order chi connectivity index (χ1) is 36.9. The molecule has 0 bridgehead atoms. The molecule has 20 nitrogen and oxygen atoms in total. The summed E-state index contributed by atoms with van der Waals surface area (Å²) in [4.78, 5) is 93.0. The molecule has 1 unspecified atom stereocenters. The molecule has 5 aliphatic rings. The number of nitrogens with two attached hydrogens (primary N) is 1. The Hall–Kier alpha value is -8.75. The zero-order chi connectivity index (χ0) is 52.2. The summed E-state index contributed by atoms with van der Waals surface area (Å²) in [6.45, 7) is 7.77. The van der Waals surface area contributed by atoms with Gasteiger partial charge in [-0.25, -0.2) is 24.3 Å². The van der Waals surface area contributed by atoms with Crippen molar-refractivity contribution >= 4 is 69.4 Å². The predicted octanol–water partition coefficient (Wildman–Crippen LogP) is 5.52. The number of hydrogen-bond donors (Lipinski definition) is 3. The van der Waals surface area contributed by atoms with Crippen LogP contribution in [0, 0.1) is 18.7 Å². The van der Waals surface area contributed by atoms with Crippen molar-refractivity contribution in [3.05, 3.63) is 126 Å². The van der Waals surface area contributed by atoms with Crippen LogP contribution in [0.2, 0.25) is 0 Å². The third-order valence-electron chi connectivity index (χ3n) is 15.6. The third kappa shape index (κ3) is 9.08. The summed E-state index contributed by atoms with van der Waals surface area (Å²) in [5.41, 5.74) is 12.9. The number of benzene rings is 2. The molecule has 12 rings (SSSR count). The van der Waals surface area contributed by atoms with Crippen molar-refractivity contribution in [2.45, 2.75) is 64.1 Å². The van der Waals surface area contributed by atoms with Gasteiger partial charge in [0.25, 0.3) is 11.8 Å². The second kappa shape index (κ2) is 19.8. The lowest BCUT2D eigenvalue weighted by Crippen LogP contribution is -2.54. The number of piperidine rings is 3. The van der Waals surface area contributed by atoms with Gasteiger partial charge >= 0.3 is 0 Å². The molecular weight excluding hydrogens is 970 g/mol. The number of aryl methyl sites for hydroxylation is 1. The van der Waals surface area contributed by atoms with E-state index < -0.39 is 29.7 Å². The molecule has 76 heavy (non-hydrogen) atoms. The van der Waals surface area contributed by atoms with Crippen LogP contribution in [0.3, 0.4) is 0 Å². The summed E-state index contributed by atoms with van der Waals surface area (Å²) in [6.07, 6.45) is 10.5. The molecule has 0 aliphatic carbocycles. The number of carbonyl (C=O) groups is 5. The maximum Gasteiger partial charge on any atom is 0.264 e. The number of amides is 5. The van der Waals surface area contributed by atoms with Gasteiger partial charge < -0.3 is 30.7 Å². The van der Waals surface area contributed by atoms with Crippen LogP contribution >= 0.6 is 0 Å². The molecule has 4 N–H and O–H groups in total. The fraction of sp³-hybridized carbons (Fsp3) is 0.345. The molecule has 21 heteroatoms. The van der Waals surface area contributed by atoms with Crippen molar-refractivity contribution in [2.75, 3.05) is 78.1 Å². The van der Waals surface area contributed by atoms with E-state index in [1.54, 1.807) is 42.7 Å². The topological polar surface area (TPSA) is 226 Å². The van der Waals surface area contributed by atoms with Crippen LogP contribution in [-0.2, 0) is 20.9 Å². The Labute approximate surface area is 436 Å². The van der Waals surface area contributed by atoms with E-state index in [2.05, 4.69) is 47.5 Å². The quantitative estimate of drug-likeness (QED) is 0.136. The van der Waals surface area contributed by atoms with Gasteiger partial charge in [0.05, 0.1) is 52.3 Å². The largest absolute Gasteiger partial charge is 0.384 e. The fourth-order valence-electron chi connectivity index (χ4n) is 11.5. The molecule has 10 heterocycles. The number of rotatable bonds is 11. The van der Waals surface area contributed by atoms with Crippen molar-refractivity contribution in [3.63, 3.8) is 0 Å². The van der Waals surface area contributed by atoms with Gasteiger partial charge in [-0.15, -0.1) is 0 Å². The second-order valence-electron chi connectivity index (χ2n) is 20.2. The Morgan fingerprint density at radius 3 is 2.33 bits per heavy atom. The predicted molar refractivity (Wildman–Crippen MR) is 282 cm³/mol. The van der Waals surface area contributed by atoms with E-state index in [1.807, 2.05) is 63.8 Å². The van der Waals surface area contributed by atoms with Crippen molar-refractivity contribution in [2.24, 2.45) is 5.92 Å². The van der Waals surface area contributed by atoms with Crippen molar-refractivity contribution in [3.8, 4) is 16.9 Å². The van der Waals surface area contributed by atoms with Crippen molar-refractivity contribution in [1.82, 2.24) is 49.4 Å². The van der Waals surface area contributed by atoms with Gasteiger partial charge in [0.2, 0.25) is 17.7 Å². The highest BCUT2D eigenvalue weighted by Gasteiger charge is 2.45. The number of halogens is 1. The zero-order valence-electron chi connectivity index (χ0n) is 41.9. The molecule has 1 atom stereocenters. The van der Waals surface area contributed by atoms with E-state index in [0.29, 0.717) is 85.7 Å². The number of likely N-dealkylation sites (tertiary alicyclic amines) is 1. The van der Waals surface area contributed by atoms with Crippen LogP contribution in [-0.4, -0.2) is 132 Å². The van der Waals surface area contributed by atoms with E-state index >= 15 is 4.39 Å². The number of nitrogens with one attached hydrogen (secondary N) is 2. The average molecular weight is 1030 g/mol. The van der Waals surface area contributed by atoms with E-state index in [9.17, 15) is 24.0 Å². The number of hydrogen-bond acceptors (Lipinski definition) is 15. The van der Waals surface area contributed by atoms with E-state index in [1.165, 1.54) is 0 Å². The summed E-state index contributed by atoms with van der Waals surface area (Å²) < 4.78 is 19.8. The number of pyridine rings is 3. The molecule has 5 aromatic heterocycles. The molecule has 0 radical (unpaired) electrons. The molecule has 7 aromatic rings. The smallest absolute Gasteiger partial charge is 0.264 e. The maximum absolute atomic E-state index is 16.0. The van der Waals surface area contributed by atoms with Gasteiger partial charge in [-0.2, -0.15) is 5.10 Å². The molecule has 388 valence electrons. The van der Waals surface area contributed by atoms with Crippen LogP contribution in [0.4, 0.5) is 33.1 Å². The lowest BCUT2D eigenvalue weighted by molar-refractivity contribution is -0.138. The number of carbonyl (C=O) groups excluding carboxylic acids is 5. The number of nitrogens with zero attached hydrogens (tertiary/aromatic N) is 12. The van der Waals surface area contributed by atoms with E-state index in [0.717, 1.165) is 72.0 Å². The first-order valence-electron chi connectivity index (χ1n) is 25.9. The van der Waals surface area contributed by atoms with Gasteiger partial charge in [-0.05, 0) is 99.7 Å². The van der Waals surface area contributed by atoms with Crippen LogP contribution in [0.25, 0.3) is 28.1 Å². The monoisotopic (exact) mass is 1030 g/mol. The Morgan fingerprint density at radius 1 is 0.789 bits per heavy atom. The average Bonchev–Trinajstić information content (AvgIpc) is 4.20. The van der Waals surface area contributed by atoms with E-state index in [-0.39, 0.29) is 47.7 Å². The summed E-state index contributed by atoms with van der Waals surface area (Å²) in [7, 11) is 0. The SMILES string of the molecule is Cc1nc2ccc(-c3ccnc(N)c3)nc2n1-c1ccc(N2CCN(c3ccc(N4CCC(C(=O)N5CCC(n6cc(CNc7cccc8c7C(=O)N(C7CCC(=O)NC7=O)C8=O)cn6)CC5)CC4)nc3)CC2)c(F)c1. The standard InChI is InChI=1S/C55H56FN15O5/c1-33-62-44-8-7-42(36-13-18-58-47(57)27-36)63-51(44)70(33)38-5-9-45(41(56)28-38)66-25-23-65(24-26-66)39-6-11-48(60-31-39)67-19-14-35(15-20-67)53(74)68-21-16-37(17-22-68)69-32-34(30-61-69)29-59-43-4-2-3-40-50(43)55(76)71(54(40)75)46-10-12-49(72)64-52(46)73/h2-9,11,13,18,27-28,30-32,35,37,46,59H,10,12,14-17,19-26,29H2,1H3,(H2,57,58)(H,64,72,73). The van der Waals surface area contributed by atoms with E-state index in [4.69, 9.17) is 20.7 Å². The first kappa shape index (κ1) is 48.2. The van der Waals surface area contributed by atoms with Crippen molar-refractivity contribution in [1.29, 1.82) is 0 Å². The Kier molecular flexibility index (Phi) is 12.6. The highest BCUT2D eigenvalue weighted by Crippen LogP contribution is 2.35. The Bertz CT molecular complexity index is 3430. The Morgan fingerprint density at radius 2 is 1.58 bits per heavy atom.